The Balaban J connectivity index is 1.57. The lowest BCUT2D eigenvalue weighted by Gasteiger charge is -2.33. The van der Waals surface area contributed by atoms with Gasteiger partial charge in [-0.15, -0.1) is 23.1 Å². The van der Waals surface area contributed by atoms with Gasteiger partial charge < -0.3 is 14.5 Å². The summed E-state index contributed by atoms with van der Waals surface area (Å²) < 4.78 is 5.34. The summed E-state index contributed by atoms with van der Waals surface area (Å²) in [6.07, 6.45) is 0. The van der Waals surface area contributed by atoms with Crippen LogP contribution in [0.3, 0.4) is 0 Å². The third kappa shape index (κ3) is 2.84. The fourth-order valence-corrected chi connectivity index (χ4v) is 6.34. The molecule has 0 N–H and O–H groups in total. The van der Waals surface area contributed by atoms with Crippen LogP contribution in [-0.2, 0) is 16.2 Å². The molecule has 2 amide bonds. The van der Waals surface area contributed by atoms with Crippen LogP contribution in [0.15, 0.2) is 66.0 Å². The minimum Gasteiger partial charge on any atom is -0.497 e. The molecule has 3 aromatic rings. The van der Waals surface area contributed by atoms with Crippen LogP contribution in [0.5, 0.6) is 5.75 Å². The van der Waals surface area contributed by atoms with Crippen LogP contribution in [0.4, 0.5) is 5.69 Å². The van der Waals surface area contributed by atoms with E-state index in [-0.39, 0.29) is 11.8 Å². The molecule has 1 atom stereocenters. The number of para-hydroxylation sites is 1. The minimum absolute atomic E-state index is 0.0565. The van der Waals surface area contributed by atoms with Gasteiger partial charge in [0.2, 0.25) is 0 Å². The Morgan fingerprint density at radius 3 is 2.80 bits per heavy atom. The van der Waals surface area contributed by atoms with E-state index in [0.29, 0.717) is 18.0 Å². The fourth-order valence-electron chi connectivity index (χ4n) is 4.21. The van der Waals surface area contributed by atoms with Gasteiger partial charge in [-0.05, 0) is 35.2 Å². The third-order valence-electron chi connectivity index (χ3n) is 5.55. The number of methoxy groups -OCH3 is 1. The molecule has 30 heavy (non-hydrogen) atoms. The molecule has 1 fully saturated rings. The van der Waals surface area contributed by atoms with E-state index in [9.17, 15) is 9.59 Å². The molecule has 2 aliphatic rings. The normalized spacial score (nSPS) is 20.1. The van der Waals surface area contributed by atoms with Crippen molar-refractivity contribution in [2.75, 3.05) is 24.3 Å². The van der Waals surface area contributed by atoms with Crippen LogP contribution >= 0.6 is 23.1 Å². The van der Waals surface area contributed by atoms with Crippen LogP contribution in [0.25, 0.3) is 0 Å². The average molecular weight is 437 g/mol. The molecule has 0 aliphatic carbocycles. The number of rotatable bonds is 4. The molecular formula is C23H20N2O3S2. The second kappa shape index (κ2) is 7.49. The lowest BCUT2D eigenvalue weighted by Crippen LogP contribution is -2.50. The quantitative estimate of drug-likeness (QED) is 0.610. The summed E-state index contributed by atoms with van der Waals surface area (Å²) in [7, 11) is 1.63. The molecule has 0 radical (unpaired) electrons. The maximum atomic E-state index is 13.9. The van der Waals surface area contributed by atoms with Crippen molar-refractivity contribution in [3.8, 4) is 5.75 Å². The highest BCUT2D eigenvalue weighted by atomic mass is 32.2. The summed E-state index contributed by atoms with van der Waals surface area (Å²) in [6.45, 7) is 0.977. The maximum Gasteiger partial charge on any atom is 0.268 e. The van der Waals surface area contributed by atoms with Gasteiger partial charge in [0.1, 0.15) is 5.75 Å². The zero-order valence-electron chi connectivity index (χ0n) is 16.4. The highest BCUT2D eigenvalue weighted by Crippen LogP contribution is 2.54. The molecule has 5 nitrogen and oxygen atoms in total. The first-order valence-electron chi connectivity index (χ1n) is 9.69. The van der Waals surface area contributed by atoms with Gasteiger partial charge in [-0.25, -0.2) is 0 Å². The number of fused-ring (bicyclic) bond motifs is 2. The third-order valence-corrected chi connectivity index (χ3v) is 7.83. The van der Waals surface area contributed by atoms with Crippen LogP contribution in [0.1, 0.15) is 20.8 Å². The predicted molar refractivity (Wildman–Crippen MR) is 120 cm³/mol. The molecule has 5 rings (SSSR count). The van der Waals surface area contributed by atoms with Crippen molar-refractivity contribution in [2.45, 2.75) is 11.4 Å². The van der Waals surface area contributed by atoms with Crippen molar-refractivity contribution < 1.29 is 14.3 Å². The van der Waals surface area contributed by atoms with Crippen LogP contribution in [0, 0.1) is 0 Å². The lowest BCUT2D eigenvalue weighted by atomic mass is 10.1. The van der Waals surface area contributed by atoms with E-state index in [0.717, 1.165) is 28.3 Å². The number of thioether (sulfide) groups is 1. The van der Waals surface area contributed by atoms with Crippen molar-refractivity contribution in [1.29, 1.82) is 0 Å². The second-order valence-electron chi connectivity index (χ2n) is 7.19. The average Bonchev–Trinajstić information content (AvgIpc) is 3.51. The predicted octanol–water partition coefficient (Wildman–Crippen LogP) is 4.35. The summed E-state index contributed by atoms with van der Waals surface area (Å²) in [4.78, 5) is 30.4. The molecule has 1 saturated heterocycles. The fraction of sp³-hybridized carbons (Fsp3) is 0.217. The van der Waals surface area contributed by atoms with Gasteiger partial charge in [0, 0.05) is 17.9 Å². The van der Waals surface area contributed by atoms with E-state index < -0.39 is 4.87 Å². The lowest BCUT2D eigenvalue weighted by molar-refractivity contribution is -0.123. The van der Waals surface area contributed by atoms with Crippen molar-refractivity contribution in [1.82, 2.24) is 4.90 Å². The van der Waals surface area contributed by atoms with Crippen molar-refractivity contribution in [2.24, 2.45) is 0 Å². The Bertz CT molecular complexity index is 1120. The van der Waals surface area contributed by atoms with E-state index in [4.69, 9.17) is 4.74 Å². The van der Waals surface area contributed by atoms with Crippen LogP contribution in [0.2, 0.25) is 0 Å². The van der Waals surface area contributed by atoms with Gasteiger partial charge in [-0.3, -0.25) is 9.59 Å². The molecule has 152 valence electrons. The topological polar surface area (TPSA) is 49.9 Å². The first-order valence-corrected chi connectivity index (χ1v) is 11.6. The number of carbonyl (C=O) groups is 2. The number of benzene rings is 2. The molecule has 3 heterocycles. The van der Waals surface area contributed by atoms with Gasteiger partial charge >= 0.3 is 0 Å². The molecular weight excluding hydrogens is 416 g/mol. The highest BCUT2D eigenvalue weighted by molar-refractivity contribution is 8.01. The van der Waals surface area contributed by atoms with E-state index in [1.165, 1.54) is 11.3 Å². The number of anilines is 1. The summed E-state index contributed by atoms with van der Waals surface area (Å²) >= 11 is 2.96. The number of carbonyl (C=O) groups excluding carboxylic acids is 2. The number of hydrogen-bond donors (Lipinski definition) is 0. The summed E-state index contributed by atoms with van der Waals surface area (Å²) in [5.41, 5.74) is 2.74. The first-order chi connectivity index (χ1) is 14.6. The Morgan fingerprint density at radius 1 is 1.13 bits per heavy atom. The Morgan fingerprint density at radius 2 is 2.00 bits per heavy atom. The summed E-state index contributed by atoms with van der Waals surface area (Å²) in [5.74, 6) is 1.34. The number of nitrogens with zero attached hydrogens (tertiary/aromatic N) is 2. The van der Waals surface area contributed by atoms with E-state index >= 15 is 0 Å². The Kier molecular flexibility index (Phi) is 4.79. The number of ether oxygens (including phenoxy) is 1. The van der Waals surface area contributed by atoms with E-state index in [1.54, 1.807) is 28.7 Å². The Hall–Kier alpha value is -2.77. The van der Waals surface area contributed by atoms with Gasteiger partial charge in [-0.1, -0.05) is 36.4 Å². The number of thiophene rings is 1. The molecule has 1 spiro atoms. The smallest absolute Gasteiger partial charge is 0.268 e. The van der Waals surface area contributed by atoms with Gasteiger partial charge in [-0.2, -0.15) is 0 Å². The Labute approximate surface area is 183 Å². The van der Waals surface area contributed by atoms with Gasteiger partial charge in [0.15, 0.2) is 4.87 Å². The standard InChI is InChI=1S/C23H20N2O3S2/c1-28-17-7-4-6-16(14-17)15-24-19-9-3-2-8-18(19)23(22(24)27)25(11-13-30-23)21(26)20-10-5-12-29-20/h2-10,12,14H,11,13,15H2,1H3/t23-/m1/s1. The molecule has 0 unspecified atom stereocenters. The first kappa shape index (κ1) is 19.2. The molecule has 0 saturated carbocycles. The van der Waals surface area contributed by atoms with E-state index in [2.05, 4.69) is 0 Å². The maximum absolute atomic E-state index is 13.9. The van der Waals surface area contributed by atoms with Crippen LogP contribution < -0.4 is 9.64 Å². The SMILES string of the molecule is COc1cccc(CN2C(=O)[C@]3(SCCN3C(=O)c3cccs3)c3ccccc32)c1. The van der Waals surface area contributed by atoms with E-state index in [1.807, 2.05) is 66.0 Å². The number of hydrogen-bond acceptors (Lipinski definition) is 5. The molecule has 1 aromatic heterocycles. The summed E-state index contributed by atoms with van der Waals surface area (Å²) in [6, 6.07) is 19.3. The molecule has 0 bridgehead atoms. The highest BCUT2D eigenvalue weighted by Gasteiger charge is 2.59. The zero-order chi connectivity index (χ0) is 20.7. The van der Waals surface area contributed by atoms with Crippen molar-refractivity contribution in [3.05, 3.63) is 82.0 Å². The van der Waals surface area contributed by atoms with Crippen molar-refractivity contribution >= 4 is 40.6 Å². The molecule has 2 aliphatic heterocycles. The largest absolute Gasteiger partial charge is 0.497 e. The zero-order valence-corrected chi connectivity index (χ0v) is 18.0. The molecule has 2 aromatic carbocycles. The summed E-state index contributed by atoms with van der Waals surface area (Å²) in [5, 5.41) is 1.89. The van der Waals surface area contributed by atoms with Crippen LogP contribution in [-0.4, -0.2) is 36.1 Å². The van der Waals surface area contributed by atoms with Crippen molar-refractivity contribution in [3.63, 3.8) is 0 Å². The second-order valence-corrected chi connectivity index (χ2v) is 9.42. The molecule has 7 heteroatoms. The van der Waals surface area contributed by atoms with Gasteiger partial charge in [0.25, 0.3) is 11.8 Å². The monoisotopic (exact) mass is 436 g/mol. The number of amides is 2. The minimum atomic E-state index is -1.00. The van der Waals surface area contributed by atoms with Gasteiger partial charge in [0.05, 0.1) is 24.2 Å².